The van der Waals surface area contributed by atoms with E-state index >= 15 is 0 Å². The lowest BCUT2D eigenvalue weighted by Gasteiger charge is -2.40. The monoisotopic (exact) mass is 327 g/mol. The Morgan fingerprint density at radius 1 is 1.09 bits per heavy atom. The number of carbonyl (C=O) groups excluding carboxylic acids is 1. The summed E-state index contributed by atoms with van der Waals surface area (Å²) in [6.07, 6.45) is 10.9. The van der Waals surface area contributed by atoms with E-state index in [1.807, 2.05) is 0 Å². The lowest BCUT2D eigenvalue weighted by Crippen LogP contribution is -2.55. The van der Waals surface area contributed by atoms with Gasteiger partial charge in [-0.25, -0.2) is 0 Å². The lowest BCUT2D eigenvalue weighted by atomic mass is 10.1. The molecule has 0 saturated carbocycles. The summed E-state index contributed by atoms with van der Waals surface area (Å²) < 4.78 is 0.717. The molecule has 0 aliphatic carbocycles. The van der Waals surface area contributed by atoms with E-state index in [4.69, 9.17) is 0 Å². The number of carbonyl (C=O) groups is 1. The van der Waals surface area contributed by atoms with Crippen LogP contribution in [-0.2, 0) is 4.79 Å². The smallest absolute Gasteiger partial charge is 0.105 e. The fourth-order valence-corrected chi connectivity index (χ4v) is 3.04. The van der Waals surface area contributed by atoms with Gasteiger partial charge in [0.05, 0.1) is 19.6 Å². The standard InChI is InChI=1S/C19H37NO3/c1-4-7-10-11-12-18(21)17-20(14-8-5-2,15-9-6-3)16-13-19(22)23/h7,10,18,21H,4-6,8-9,11-17H2,1-3H3/b10-7+. The maximum absolute atomic E-state index is 10.9. The van der Waals surface area contributed by atoms with E-state index in [1.54, 1.807) is 0 Å². The van der Waals surface area contributed by atoms with Gasteiger partial charge in [-0.2, -0.15) is 0 Å². The van der Waals surface area contributed by atoms with Gasteiger partial charge >= 0.3 is 0 Å². The van der Waals surface area contributed by atoms with E-state index in [0.717, 1.165) is 58.0 Å². The number of aliphatic hydroxyl groups is 1. The number of aliphatic carboxylic acids is 1. The second kappa shape index (κ2) is 13.6. The van der Waals surface area contributed by atoms with Crippen LogP contribution in [0, 0.1) is 0 Å². The number of carboxylic acids is 1. The van der Waals surface area contributed by atoms with Gasteiger partial charge in [0.2, 0.25) is 0 Å². The van der Waals surface area contributed by atoms with Crippen molar-refractivity contribution in [1.29, 1.82) is 0 Å². The Morgan fingerprint density at radius 2 is 1.70 bits per heavy atom. The summed E-state index contributed by atoms with van der Waals surface area (Å²) in [5.41, 5.74) is 0. The second-order valence-electron chi connectivity index (χ2n) is 6.63. The van der Waals surface area contributed by atoms with E-state index in [0.29, 0.717) is 17.6 Å². The van der Waals surface area contributed by atoms with Crippen LogP contribution in [-0.4, -0.2) is 47.8 Å². The van der Waals surface area contributed by atoms with E-state index in [-0.39, 0.29) is 12.5 Å². The van der Waals surface area contributed by atoms with Gasteiger partial charge in [-0.3, -0.25) is 0 Å². The summed E-state index contributed by atoms with van der Waals surface area (Å²) in [6, 6.07) is 0. The van der Waals surface area contributed by atoms with Crippen LogP contribution in [0.4, 0.5) is 0 Å². The molecule has 0 amide bonds. The zero-order valence-corrected chi connectivity index (χ0v) is 15.4. The maximum atomic E-state index is 10.9. The molecule has 0 bridgehead atoms. The molecule has 0 fully saturated rings. The molecule has 0 spiro atoms. The number of aliphatic hydroxyl groups excluding tert-OH is 1. The number of allylic oxidation sites excluding steroid dienone is 2. The molecular weight excluding hydrogens is 290 g/mol. The molecule has 0 saturated heterocycles. The van der Waals surface area contributed by atoms with Crippen molar-refractivity contribution in [3.05, 3.63) is 12.2 Å². The van der Waals surface area contributed by atoms with E-state index < -0.39 is 5.97 Å². The molecule has 1 atom stereocenters. The minimum absolute atomic E-state index is 0.0793. The minimum Gasteiger partial charge on any atom is -0.550 e. The number of hydrogen-bond acceptors (Lipinski definition) is 3. The van der Waals surface area contributed by atoms with Crippen molar-refractivity contribution in [2.24, 2.45) is 0 Å². The van der Waals surface area contributed by atoms with E-state index in [2.05, 4.69) is 32.9 Å². The first-order chi connectivity index (χ1) is 11.0. The molecule has 0 heterocycles. The quantitative estimate of drug-likeness (QED) is 0.371. The molecular formula is C19H37NO3. The Balaban J connectivity index is 4.79. The lowest BCUT2D eigenvalue weighted by molar-refractivity contribution is -0.931. The highest BCUT2D eigenvalue weighted by molar-refractivity contribution is 5.64. The number of rotatable bonds is 15. The maximum Gasteiger partial charge on any atom is 0.105 e. The van der Waals surface area contributed by atoms with Crippen LogP contribution in [0.25, 0.3) is 0 Å². The third kappa shape index (κ3) is 11.3. The largest absolute Gasteiger partial charge is 0.550 e. The first-order valence-electron chi connectivity index (χ1n) is 9.37. The average Bonchev–Trinajstić information content (AvgIpc) is 2.53. The van der Waals surface area contributed by atoms with E-state index in [9.17, 15) is 15.0 Å². The molecule has 0 aliphatic heterocycles. The molecule has 0 rings (SSSR count). The van der Waals surface area contributed by atoms with Crippen LogP contribution < -0.4 is 5.11 Å². The van der Waals surface area contributed by atoms with Gasteiger partial charge in [0.15, 0.2) is 0 Å². The van der Waals surface area contributed by atoms with Crippen LogP contribution in [0.3, 0.4) is 0 Å². The molecule has 4 heteroatoms. The summed E-state index contributed by atoms with van der Waals surface area (Å²) in [6.45, 7) is 9.54. The fraction of sp³-hybridized carbons (Fsp3) is 0.842. The highest BCUT2D eigenvalue weighted by atomic mass is 16.4. The second-order valence-corrected chi connectivity index (χ2v) is 6.63. The highest BCUT2D eigenvalue weighted by Crippen LogP contribution is 2.17. The Hall–Kier alpha value is -0.870. The summed E-state index contributed by atoms with van der Waals surface area (Å²) in [4.78, 5) is 10.9. The summed E-state index contributed by atoms with van der Waals surface area (Å²) >= 11 is 0. The number of unbranched alkanes of at least 4 members (excludes halogenated alkanes) is 2. The molecule has 0 aromatic rings. The molecule has 4 nitrogen and oxygen atoms in total. The van der Waals surface area contributed by atoms with Crippen LogP contribution in [0.5, 0.6) is 0 Å². The van der Waals surface area contributed by atoms with Crippen LogP contribution in [0.2, 0.25) is 0 Å². The normalized spacial score (nSPS) is 13.6. The SMILES string of the molecule is CC/C=C/CCC(O)C[N+](CCCC)(CCCC)CCC(=O)[O-]. The van der Waals surface area contributed by atoms with Crippen molar-refractivity contribution in [1.82, 2.24) is 0 Å². The van der Waals surface area contributed by atoms with Gasteiger partial charge in [0, 0.05) is 12.4 Å². The minimum atomic E-state index is -0.985. The Labute approximate surface area is 142 Å². The van der Waals surface area contributed by atoms with Gasteiger partial charge in [-0.15, -0.1) is 0 Å². The van der Waals surface area contributed by atoms with E-state index in [1.165, 1.54) is 0 Å². The molecule has 0 radical (unpaired) electrons. The Bertz CT molecular complexity index is 321. The molecule has 1 unspecified atom stereocenters. The molecule has 0 aromatic carbocycles. The Kier molecular flexibility index (Phi) is 13.0. The molecule has 0 aliphatic rings. The summed E-state index contributed by atoms with van der Waals surface area (Å²) in [5, 5.41) is 21.4. The van der Waals surface area contributed by atoms with Crippen molar-refractivity contribution in [3.63, 3.8) is 0 Å². The third-order valence-corrected chi connectivity index (χ3v) is 4.43. The van der Waals surface area contributed by atoms with Gasteiger partial charge in [-0.05, 0) is 32.1 Å². The van der Waals surface area contributed by atoms with Gasteiger partial charge < -0.3 is 19.5 Å². The number of hydrogen-bond donors (Lipinski definition) is 1. The van der Waals surface area contributed by atoms with Gasteiger partial charge in [0.1, 0.15) is 12.6 Å². The average molecular weight is 328 g/mol. The van der Waals surface area contributed by atoms with Crippen LogP contribution in [0.1, 0.15) is 72.1 Å². The van der Waals surface area contributed by atoms with Crippen molar-refractivity contribution in [2.75, 3.05) is 26.2 Å². The predicted octanol–water partition coefficient (Wildman–Crippen LogP) is 2.65. The van der Waals surface area contributed by atoms with Crippen LogP contribution >= 0.6 is 0 Å². The molecule has 23 heavy (non-hydrogen) atoms. The topological polar surface area (TPSA) is 60.4 Å². The first-order valence-corrected chi connectivity index (χ1v) is 9.37. The van der Waals surface area contributed by atoms with Gasteiger partial charge in [-0.1, -0.05) is 45.8 Å². The van der Waals surface area contributed by atoms with Crippen LogP contribution in [0.15, 0.2) is 12.2 Å². The number of carboxylic acid groups (broad SMARTS) is 1. The molecule has 0 aromatic heterocycles. The third-order valence-electron chi connectivity index (χ3n) is 4.43. The summed E-state index contributed by atoms with van der Waals surface area (Å²) in [5.74, 6) is -0.985. The van der Waals surface area contributed by atoms with Gasteiger partial charge in [0.25, 0.3) is 0 Å². The van der Waals surface area contributed by atoms with Crippen molar-refractivity contribution in [3.8, 4) is 0 Å². The van der Waals surface area contributed by atoms with Crippen molar-refractivity contribution < 1.29 is 19.5 Å². The van der Waals surface area contributed by atoms with Crippen molar-refractivity contribution in [2.45, 2.75) is 78.2 Å². The fourth-order valence-electron chi connectivity index (χ4n) is 3.04. The highest BCUT2D eigenvalue weighted by Gasteiger charge is 2.29. The number of quaternary nitrogens is 1. The molecule has 1 N–H and O–H groups in total. The zero-order valence-electron chi connectivity index (χ0n) is 15.4. The zero-order chi connectivity index (χ0) is 17.6. The Morgan fingerprint density at radius 3 is 2.17 bits per heavy atom. The molecule has 136 valence electrons. The summed E-state index contributed by atoms with van der Waals surface area (Å²) in [7, 11) is 0. The van der Waals surface area contributed by atoms with Crippen molar-refractivity contribution >= 4 is 5.97 Å². The predicted molar refractivity (Wildman–Crippen MR) is 93.8 cm³/mol. The first kappa shape index (κ1) is 22.1. The number of nitrogens with zero attached hydrogens (tertiary/aromatic N) is 1.